The van der Waals surface area contributed by atoms with Gasteiger partial charge in [-0.1, -0.05) is 30.0 Å². The summed E-state index contributed by atoms with van der Waals surface area (Å²) >= 11 is 1.19. The van der Waals surface area contributed by atoms with E-state index in [9.17, 15) is 4.79 Å². The van der Waals surface area contributed by atoms with Crippen LogP contribution < -0.4 is 10.1 Å². The largest absolute Gasteiger partial charge is 0.497 e. The van der Waals surface area contributed by atoms with Gasteiger partial charge in [-0.05, 0) is 43.3 Å². The van der Waals surface area contributed by atoms with Crippen molar-refractivity contribution in [3.8, 4) is 17.2 Å². The number of pyridine rings is 1. The van der Waals surface area contributed by atoms with E-state index in [1.807, 2.05) is 61.5 Å². The summed E-state index contributed by atoms with van der Waals surface area (Å²) in [6.45, 7) is 1.90. The van der Waals surface area contributed by atoms with Crippen LogP contribution in [0.5, 0.6) is 5.75 Å². The highest BCUT2D eigenvalue weighted by atomic mass is 32.2. The molecule has 0 spiro atoms. The van der Waals surface area contributed by atoms with Gasteiger partial charge in [-0.15, -0.1) is 10.2 Å². The monoisotopic (exact) mass is 406 g/mol. The number of ether oxygens (including phenoxy) is 1. The molecule has 0 saturated heterocycles. The van der Waals surface area contributed by atoms with E-state index >= 15 is 0 Å². The molecule has 8 heteroatoms. The van der Waals surface area contributed by atoms with Gasteiger partial charge in [-0.3, -0.25) is 9.78 Å². The van der Waals surface area contributed by atoms with Crippen LogP contribution in [0.3, 0.4) is 0 Å². The van der Waals surface area contributed by atoms with Crippen LogP contribution in [0.2, 0.25) is 0 Å². The van der Waals surface area contributed by atoms with E-state index in [2.05, 4.69) is 20.5 Å². The molecule has 0 unspecified atom stereocenters. The van der Waals surface area contributed by atoms with Gasteiger partial charge in [0, 0.05) is 16.6 Å². The van der Waals surface area contributed by atoms with Crippen LogP contribution in [-0.4, -0.2) is 34.0 Å². The minimum atomic E-state index is -0.157. The van der Waals surface area contributed by atoms with E-state index in [1.54, 1.807) is 7.11 Å². The topological polar surface area (TPSA) is 90.1 Å². The molecule has 29 heavy (non-hydrogen) atoms. The van der Waals surface area contributed by atoms with Crippen LogP contribution in [0.1, 0.15) is 5.69 Å². The number of hydrogen-bond acceptors (Lipinski definition) is 7. The lowest BCUT2D eigenvalue weighted by atomic mass is 10.1. The molecule has 0 saturated carbocycles. The van der Waals surface area contributed by atoms with E-state index < -0.39 is 0 Å². The van der Waals surface area contributed by atoms with E-state index in [0.29, 0.717) is 11.1 Å². The van der Waals surface area contributed by atoms with Gasteiger partial charge in [0.2, 0.25) is 11.8 Å². The van der Waals surface area contributed by atoms with Crippen molar-refractivity contribution in [3.05, 3.63) is 60.3 Å². The molecule has 2 heterocycles. The van der Waals surface area contributed by atoms with Crippen molar-refractivity contribution in [1.82, 2.24) is 15.2 Å². The Balaban J connectivity index is 1.41. The number of aromatic nitrogens is 3. The molecule has 0 aliphatic heterocycles. The molecule has 2 aromatic carbocycles. The number of hydrogen-bond donors (Lipinski definition) is 1. The van der Waals surface area contributed by atoms with Crippen LogP contribution in [-0.2, 0) is 4.79 Å². The molecule has 0 aliphatic rings. The summed E-state index contributed by atoms with van der Waals surface area (Å²) in [5.74, 6) is 1.14. The van der Waals surface area contributed by atoms with Gasteiger partial charge in [-0.2, -0.15) is 0 Å². The number of anilines is 1. The maximum Gasteiger partial charge on any atom is 0.277 e. The normalized spacial score (nSPS) is 10.8. The van der Waals surface area contributed by atoms with Crippen molar-refractivity contribution in [1.29, 1.82) is 0 Å². The molecule has 0 atom stereocenters. The summed E-state index contributed by atoms with van der Waals surface area (Å²) < 4.78 is 10.8. The minimum Gasteiger partial charge on any atom is -0.497 e. The highest BCUT2D eigenvalue weighted by molar-refractivity contribution is 7.99. The number of carbonyl (C=O) groups is 1. The Morgan fingerprint density at radius 3 is 2.72 bits per heavy atom. The molecular formula is C21H18N4O3S. The number of nitrogens with one attached hydrogen (secondary N) is 1. The number of aryl methyl sites for hydroxylation is 1. The fourth-order valence-electron chi connectivity index (χ4n) is 2.84. The van der Waals surface area contributed by atoms with Crippen molar-refractivity contribution >= 4 is 34.3 Å². The summed E-state index contributed by atoms with van der Waals surface area (Å²) in [7, 11) is 1.61. The lowest BCUT2D eigenvalue weighted by Gasteiger charge is -2.09. The van der Waals surface area contributed by atoms with Gasteiger partial charge in [0.1, 0.15) is 5.75 Å². The Bertz CT molecular complexity index is 1160. The standard InChI is InChI=1S/C21H18N4O3S/c1-13-11-18(16-5-3-4-6-17(16)22-13)23-19(26)12-29-21-25-24-20(28-21)14-7-9-15(27-2)10-8-14/h3-11H,12H2,1-2H3,(H,22,23,26). The SMILES string of the molecule is COc1ccc(-c2nnc(SCC(=O)Nc3cc(C)nc4ccccc34)o2)cc1. The van der Waals surface area contributed by atoms with Gasteiger partial charge >= 0.3 is 0 Å². The fraction of sp³-hybridized carbons (Fsp3) is 0.143. The van der Waals surface area contributed by atoms with Gasteiger partial charge in [0.25, 0.3) is 5.22 Å². The predicted molar refractivity (Wildman–Crippen MR) is 112 cm³/mol. The van der Waals surface area contributed by atoms with E-state index in [-0.39, 0.29) is 11.7 Å². The molecule has 0 bridgehead atoms. The summed E-state index contributed by atoms with van der Waals surface area (Å²) in [4.78, 5) is 16.9. The lowest BCUT2D eigenvalue weighted by Crippen LogP contribution is -2.14. The van der Waals surface area contributed by atoms with Gasteiger partial charge < -0.3 is 14.5 Å². The molecule has 7 nitrogen and oxygen atoms in total. The Labute approximate surface area is 171 Å². The number of benzene rings is 2. The third kappa shape index (κ3) is 4.38. The van der Waals surface area contributed by atoms with E-state index in [1.165, 1.54) is 11.8 Å². The summed E-state index contributed by atoms with van der Waals surface area (Å²) in [5, 5.41) is 12.2. The number of carbonyl (C=O) groups excluding carboxylic acids is 1. The van der Waals surface area contributed by atoms with Gasteiger partial charge in [-0.25, -0.2) is 0 Å². The number of para-hydroxylation sites is 1. The summed E-state index contributed by atoms with van der Waals surface area (Å²) in [6.07, 6.45) is 0. The van der Waals surface area contributed by atoms with Crippen molar-refractivity contribution in [2.45, 2.75) is 12.1 Å². The highest BCUT2D eigenvalue weighted by Crippen LogP contribution is 2.26. The van der Waals surface area contributed by atoms with E-state index in [4.69, 9.17) is 9.15 Å². The first-order chi connectivity index (χ1) is 14.1. The minimum absolute atomic E-state index is 0.153. The van der Waals surface area contributed by atoms with E-state index in [0.717, 1.165) is 33.6 Å². The average molecular weight is 406 g/mol. The quantitative estimate of drug-likeness (QED) is 0.477. The summed E-state index contributed by atoms with van der Waals surface area (Å²) in [6, 6.07) is 16.9. The molecule has 0 radical (unpaired) electrons. The Morgan fingerprint density at radius 2 is 1.93 bits per heavy atom. The second-order valence-electron chi connectivity index (χ2n) is 6.27. The predicted octanol–water partition coefficient (Wildman–Crippen LogP) is 4.33. The second-order valence-corrected chi connectivity index (χ2v) is 7.19. The smallest absolute Gasteiger partial charge is 0.277 e. The van der Waals surface area contributed by atoms with Crippen LogP contribution in [0, 0.1) is 6.92 Å². The molecule has 1 amide bonds. The van der Waals surface area contributed by atoms with Crippen LogP contribution in [0.15, 0.2) is 64.2 Å². The molecule has 0 fully saturated rings. The first kappa shape index (κ1) is 18.9. The lowest BCUT2D eigenvalue weighted by molar-refractivity contribution is -0.113. The number of fused-ring (bicyclic) bond motifs is 1. The Morgan fingerprint density at radius 1 is 1.14 bits per heavy atom. The number of rotatable bonds is 6. The van der Waals surface area contributed by atoms with Crippen LogP contribution in [0.25, 0.3) is 22.4 Å². The zero-order valence-electron chi connectivity index (χ0n) is 15.9. The average Bonchev–Trinajstić information content (AvgIpc) is 3.21. The zero-order valence-corrected chi connectivity index (χ0v) is 16.7. The third-order valence-corrected chi connectivity index (χ3v) is 5.01. The maximum atomic E-state index is 12.4. The van der Waals surface area contributed by atoms with Crippen LogP contribution in [0.4, 0.5) is 5.69 Å². The van der Waals surface area contributed by atoms with Crippen molar-refractivity contribution in [2.75, 3.05) is 18.2 Å². The molecule has 146 valence electrons. The molecule has 2 aromatic heterocycles. The van der Waals surface area contributed by atoms with Crippen molar-refractivity contribution < 1.29 is 13.9 Å². The highest BCUT2D eigenvalue weighted by Gasteiger charge is 2.13. The fourth-order valence-corrected chi connectivity index (χ4v) is 3.41. The third-order valence-electron chi connectivity index (χ3n) is 4.19. The molecule has 1 N–H and O–H groups in total. The molecule has 4 aromatic rings. The van der Waals surface area contributed by atoms with Crippen molar-refractivity contribution in [3.63, 3.8) is 0 Å². The number of methoxy groups -OCH3 is 1. The Kier molecular flexibility index (Phi) is 5.44. The van der Waals surface area contributed by atoms with Gasteiger partial charge in [0.15, 0.2) is 0 Å². The molecular weight excluding hydrogens is 388 g/mol. The van der Waals surface area contributed by atoms with Gasteiger partial charge in [0.05, 0.1) is 24.1 Å². The molecule has 0 aliphatic carbocycles. The summed E-state index contributed by atoms with van der Waals surface area (Å²) in [5.41, 5.74) is 3.21. The number of amides is 1. The Hall–Kier alpha value is -3.39. The van der Waals surface area contributed by atoms with Crippen LogP contribution >= 0.6 is 11.8 Å². The second kappa shape index (κ2) is 8.32. The first-order valence-corrected chi connectivity index (χ1v) is 9.88. The number of thioether (sulfide) groups is 1. The first-order valence-electron chi connectivity index (χ1n) is 8.89. The zero-order chi connectivity index (χ0) is 20.2. The maximum absolute atomic E-state index is 12.4. The number of nitrogens with zero attached hydrogens (tertiary/aromatic N) is 3. The molecule has 4 rings (SSSR count). The van der Waals surface area contributed by atoms with Crippen molar-refractivity contribution in [2.24, 2.45) is 0 Å².